The first-order chi connectivity index (χ1) is 12.8. The molecule has 1 aromatic carbocycles. The predicted octanol–water partition coefficient (Wildman–Crippen LogP) is 1.98. The maximum Gasteiger partial charge on any atom is 0.269 e. The average Bonchev–Trinajstić information content (AvgIpc) is 3.37. The Morgan fingerprint density at radius 2 is 1.92 bits per heavy atom. The lowest BCUT2D eigenvalue weighted by atomic mass is 10.1. The van der Waals surface area contributed by atoms with E-state index in [-0.39, 0.29) is 12.5 Å². The van der Waals surface area contributed by atoms with E-state index in [0.717, 1.165) is 16.9 Å². The van der Waals surface area contributed by atoms with E-state index < -0.39 is 0 Å². The SMILES string of the molecule is O=C(NCc1cn(-c2ccncc2)nn1)c1cc(-c2ccccc2)n[nH]1. The van der Waals surface area contributed by atoms with Crippen molar-refractivity contribution in [2.45, 2.75) is 6.54 Å². The van der Waals surface area contributed by atoms with Gasteiger partial charge in [0.05, 0.1) is 24.1 Å². The molecule has 0 saturated carbocycles. The molecule has 0 bridgehead atoms. The van der Waals surface area contributed by atoms with Gasteiger partial charge in [-0.1, -0.05) is 35.5 Å². The van der Waals surface area contributed by atoms with Crippen LogP contribution >= 0.6 is 0 Å². The van der Waals surface area contributed by atoms with Crippen molar-refractivity contribution in [2.75, 3.05) is 0 Å². The van der Waals surface area contributed by atoms with Crippen LogP contribution in [-0.4, -0.2) is 36.1 Å². The van der Waals surface area contributed by atoms with Crippen molar-refractivity contribution in [3.05, 3.63) is 78.5 Å². The Morgan fingerprint density at radius 1 is 1.12 bits per heavy atom. The van der Waals surface area contributed by atoms with Gasteiger partial charge in [-0.15, -0.1) is 5.10 Å². The molecule has 4 aromatic rings. The van der Waals surface area contributed by atoms with Crippen LogP contribution in [0.1, 0.15) is 16.2 Å². The number of carbonyl (C=O) groups excluding carboxylic acids is 1. The van der Waals surface area contributed by atoms with Crippen molar-refractivity contribution < 1.29 is 4.79 Å². The second-order valence-electron chi connectivity index (χ2n) is 5.58. The van der Waals surface area contributed by atoms with Crippen LogP contribution in [0.3, 0.4) is 0 Å². The first-order valence-electron chi connectivity index (χ1n) is 8.00. The quantitative estimate of drug-likeness (QED) is 0.576. The van der Waals surface area contributed by atoms with E-state index >= 15 is 0 Å². The molecule has 8 heteroatoms. The van der Waals surface area contributed by atoms with Crippen molar-refractivity contribution in [3.8, 4) is 16.9 Å². The molecule has 0 atom stereocenters. The van der Waals surface area contributed by atoms with Gasteiger partial charge in [0.15, 0.2) is 0 Å². The first-order valence-corrected chi connectivity index (χ1v) is 8.00. The molecular weight excluding hydrogens is 330 g/mol. The molecule has 0 fully saturated rings. The molecule has 0 aliphatic carbocycles. The molecule has 0 radical (unpaired) electrons. The number of hydrogen-bond acceptors (Lipinski definition) is 5. The fourth-order valence-electron chi connectivity index (χ4n) is 2.46. The topological polar surface area (TPSA) is 101 Å². The number of carbonyl (C=O) groups is 1. The summed E-state index contributed by atoms with van der Waals surface area (Å²) in [5.74, 6) is -0.252. The van der Waals surface area contributed by atoms with Crippen LogP contribution in [0.5, 0.6) is 0 Å². The van der Waals surface area contributed by atoms with Crippen molar-refractivity contribution in [1.29, 1.82) is 0 Å². The smallest absolute Gasteiger partial charge is 0.269 e. The van der Waals surface area contributed by atoms with Gasteiger partial charge < -0.3 is 5.32 Å². The van der Waals surface area contributed by atoms with Crippen LogP contribution < -0.4 is 5.32 Å². The molecule has 26 heavy (non-hydrogen) atoms. The Labute approximate surface area is 148 Å². The summed E-state index contributed by atoms with van der Waals surface area (Å²) in [4.78, 5) is 16.3. The molecule has 1 amide bonds. The van der Waals surface area contributed by atoms with Crippen molar-refractivity contribution in [3.63, 3.8) is 0 Å². The van der Waals surface area contributed by atoms with E-state index in [1.807, 2.05) is 42.5 Å². The van der Waals surface area contributed by atoms with E-state index in [1.54, 1.807) is 29.3 Å². The van der Waals surface area contributed by atoms with Gasteiger partial charge in [0, 0.05) is 18.0 Å². The number of aromatic nitrogens is 6. The monoisotopic (exact) mass is 345 g/mol. The summed E-state index contributed by atoms with van der Waals surface area (Å²) in [6.45, 7) is 0.267. The van der Waals surface area contributed by atoms with E-state index in [2.05, 4.69) is 30.8 Å². The summed E-state index contributed by atoms with van der Waals surface area (Å²) in [7, 11) is 0. The Balaban J connectivity index is 1.40. The molecule has 3 heterocycles. The molecule has 0 aliphatic rings. The number of benzene rings is 1. The third-order valence-corrected chi connectivity index (χ3v) is 3.79. The van der Waals surface area contributed by atoms with Crippen molar-refractivity contribution in [2.24, 2.45) is 0 Å². The molecule has 0 spiro atoms. The standard InChI is InChI=1S/C18H15N7O/c26-18(17-10-16(22-23-17)13-4-2-1-3-5-13)20-11-14-12-25(24-21-14)15-6-8-19-9-7-15/h1-10,12H,11H2,(H,20,26)(H,22,23). The molecule has 0 unspecified atom stereocenters. The van der Waals surface area contributed by atoms with Gasteiger partial charge in [-0.3, -0.25) is 14.9 Å². The van der Waals surface area contributed by atoms with Gasteiger partial charge in [-0.05, 0) is 18.2 Å². The summed E-state index contributed by atoms with van der Waals surface area (Å²) < 4.78 is 1.63. The highest BCUT2D eigenvalue weighted by atomic mass is 16.1. The molecule has 3 aromatic heterocycles. The Hall–Kier alpha value is -3.81. The summed E-state index contributed by atoms with van der Waals surface area (Å²) in [5.41, 5.74) is 3.57. The van der Waals surface area contributed by atoms with E-state index in [1.165, 1.54) is 0 Å². The Morgan fingerprint density at radius 3 is 2.73 bits per heavy atom. The Kier molecular flexibility index (Phi) is 4.21. The number of aromatic amines is 1. The molecule has 128 valence electrons. The van der Waals surface area contributed by atoms with Gasteiger partial charge in [-0.25, -0.2) is 4.68 Å². The fraction of sp³-hybridized carbons (Fsp3) is 0.0556. The summed E-state index contributed by atoms with van der Waals surface area (Å²) >= 11 is 0. The van der Waals surface area contributed by atoms with Crippen LogP contribution in [0.25, 0.3) is 16.9 Å². The fourth-order valence-corrected chi connectivity index (χ4v) is 2.46. The summed E-state index contributed by atoms with van der Waals surface area (Å²) in [6, 6.07) is 15.0. The molecular formula is C18H15N7O. The molecule has 0 aliphatic heterocycles. The number of rotatable bonds is 5. The number of hydrogen-bond donors (Lipinski definition) is 2. The minimum atomic E-state index is -0.252. The molecule has 2 N–H and O–H groups in total. The third-order valence-electron chi connectivity index (χ3n) is 3.79. The van der Waals surface area contributed by atoms with E-state index in [0.29, 0.717) is 11.4 Å². The summed E-state index contributed by atoms with van der Waals surface area (Å²) in [6.07, 6.45) is 5.13. The highest BCUT2D eigenvalue weighted by molar-refractivity contribution is 5.93. The lowest BCUT2D eigenvalue weighted by molar-refractivity contribution is 0.0945. The van der Waals surface area contributed by atoms with Gasteiger partial charge in [0.2, 0.25) is 0 Å². The number of nitrogens with zero attached hydrogens (tertiary/aromatic N) is 5. The second-order valence-corrected chi connectivity index (χ2v) is 5.58. The molecule has 0 saturated heterocycles. The van der Waals surface area contributed by atoms with Gasteiger partial charge in [0.25, 0.3) is 5.91 Å². The predicted molar refractivity (Wildman–Crippen MR) is 94.3 cm³/mol. The third kappa shape index (κ3) is 3.34. The second kappa shape index (κ2) is 6.98. The van der Waals surface area contributed by atoms with E-state index in [4.69, 9.17) is 0 Å². The minimum absolute atomic E-state index is 0.252. The van der Waals surface area contributed by atoms with Crippen LogP contribution in [0.15, 0.2) is 67.1 Å². The highest BCUT2D eigenvalue weighted by Crippen LogP contribution is 2.16. The van der Waals surface area contributed by atoms with Gasteiger partial charge in [-0.2, -0.15) is 5.10 Å². The summed E-state index contributed by atoms with van der Waals surface area (Å²) in [5, 5.41) is 17.9. The first kappa shape index (κ1) is 15.7. The lowest BCUT2D eigenvalue weighted by Gasteiger charge is -2.00. The highest BCUT2D eigenvalue weighted by Gasteiger charge is 2.11. The lowest BCUT2D eigenvalue weighted by Crippen LogP contribution is -2.23. The van der Waals surface area contributed by atoms with Crippen LogP contribution in [0, 0.1) is 0 Å². The van der Waals surface area contributed by atoms with Gasteiger partial charge >= 0.3 is 0 Å². The zero-order chi connectivity index (χ0) is 17.8. The molecule has 4 rings (SSSR count). The zero-order valence-electron chi connectivity index (χ0n) is 13.7. The number of pyridine rings is 1. The largest absolute Gasteiger partial charge is 0.345 e. The number of amides is 1. The van der Waals surface area contributed by atoms with Crippen LogP contribution in [0.2, 0.25) is 0 Å². The maximum absolute atomic E-state index is 12.3. The van der Waals surface area contributed by atoms with E-state index in [9.17, 15) is 4.79 Å². The van der Waals surface area contributed by atoms with Crippen molar-refractivity contribution >= 4 is 5.91 Å². The Bertz CT molecular complexity index is 1010. The minimum Gasteiger partial charge on any atom is -0.345 e. The number of nitrogens with one attached hydrogen (secondary N) is 2. The molecule has 8 nitrogen and oxygen atoms in total. The number of H-pyrrole nitrogens is 1. The maximum atomic E-state index is 12.3. The normalized spacial score (nSPS) is 10.6. The van der Waals surface area contributed by atoms with Crippen molar-refractivity contribution in [1.82, 2.24) is 35.5 Å². The van der Waals surface area contributed by atoms with Gasteiger partial charge in [0.1, 0.15) is 11.4 Å². The zero-order valence-corrected chi connectivity index (χ0v) is 13.7. The van der Waals surface area contributed by atoms with Crippen LogP contribution in [0.4, 0.5) is 0 Å². The van der Waals surface area contributed by atoms with Crippen LogP contribution in [-0.2, 0) is 6.54 Å². The average molecular weight is 345 g/mol.